The maximum Gasteiger partial charge on any atom is 0.128 e. The Morgan fingerprint density at radius 1 is 1.18 bits per heavy atom. The summed E-state index contributed by atoms with van der Waals surface area (Å²) in [7, 11) is 0. The first kappa shape index (κ1) is 12.3. The predicted molar refractivity (Wildman–Crippen MR) is 66.0 cm³/mol. The Hall–Kier alpha value is -1.12. The Labute approximate surface area is 101 Å². The van der Waals surface area contributed by atoms with Crippen molar-refractivity contribution in [1.82, 2.24) is 0 Å². The van der Waals surface area contributed by atoms with Crippen LogP contribution >= 0.6 is 0 Å². The van der Waals surface area contributed by atoms with Gasteiger partial charge in [-0.15, -0.1) is 0 Å². The minimum Gasteiger partial charge on any atom is -0.382 e. The summed E-state index contributed by atoms with van der Waals surface area (Å²) in [6, 6.07) is 3.98. The normalized spacial score (nSPS) is 24.6. The first-order valence-electron chi connectivity index (χ1n) is 6.40. The lowest BCUT2D eigenvalue weighted by molar-refractivity contribution is 0.327. The number of anilines is 1. The van der Waals surface area contributed by atoms with Crippen LogP contribution in [0.4, 0.5) is 14.5 Å². The smallest absolute Gasteiger partial charge is 0.128 e. The highest BCUT2D eigenvalue weighted by Crippen LogP contribution is 2.28. The Bertz CT molecular complexity index is 358. The Kier molecular flexibility index (Phi) is 3.97. The molecule has 2 unspecified atom stereocenters. The summed E-state index contributed by atoms with van der Waals surface area (Å²) in [4.78, 5) is 0. The summed E-state index contributed by atoms with van der Waals surface area (Å²) in [6.07, 6.45) is 5.87. The average molecular weight is 239 g/mol. The van der Waals surface area contributed by atoms with E-state index in [9.17, 15) is 8.78 Å². The van der Waals surface area contributed by atoms with Crippen molar-refractivity contribution >= 4 is 5.69 Å². The zero-order chi connectivity index (χ0) is 12.3. The highest BCUT2D eigenvalue weighted by molar-refractivity contribution is 5.44. The lowest BCUT2D eigenvalue weighted by Gasteiger charge is -2.29. The molecule has 0 radical (unpaired) electrons. The van der Waals surface area contributed by atoms with Crippen molar-refractivity contribution in [2.75, 3.05) is 5.32 Å². The molecular weight excluding hydrogens is 220 g/mol. The van der Waals surface area contributed by atoms with Crippen LogP contribution in [0.3, 0.4) is 0 Å². The molecule has 0 bridgehead atoms. The number of halogens is 2. The number of hydrogen-bond donors (Lipinski definition) is 1. The van der Waals surface area contributed by atoms with Gasteiger partial charge in [0.05, 0.1) is 0 Å². The number of nitrogens with one attached hydrogen (secondary N) is 1. The van der Waals surface area contributed by atoms with E-state index in [0.29, 0.717) is 11.7 Å². The third kappa shape index (κ3) is 3.42. The average Bonchev–Trinajstić information content (AvgIpc) is 2.28. The molecule has 1 nitrogen and oxygen atoms in total. The lowest BCUT2D eigenvalue weighted by atomic mass is 9.84. The van der Waals surface area contributed by atoms with Crippen LogP contribution in [0, 0.1) is 17.6 Å². The zero-order valence-corrected chi connectivity index (χ0v) is 10.2. The fraction of sp³-hybridized carbons (Fsp3) is 0.571. The molecule has 17 heavy (non-hydrogen) atoms. The maximum atomic E-state index is 13.0. The van der Waals surface area contributed by atoms with Crippen molar-refractivity contribution in [3.8, 4) is 0 Å². The molecule has 0 aromatic heterocycles. The predicted octanol–water partition coefficient (Wildman–Crippen LogP) is 4.35. The largest absolute Gasteiger partial charge is 0.382 e. The van der Waals surface area contributed by atoms with Crippen molar-refractivity contribution in [1.29, 1.82) is 0 Å². The topological polar surface area (TPSA) is 12.0 Å². The molecule has 94 valence electrons. The van der Waals surface area contributed by atoms with E-state index in [2.05, 4.69) is 12.2 Å². The van der Waals surface area contributed by atoms with E-state index in [0.717, 1.165) is 24.8 Å². The van der Waals surface area contributed by atoms with Crippen LogP contribution in [0.2, 0.25) is 0 Å². The number of rotatable bonds is 3. The van der Waals surface area contributed by atoms with Crippen molar-refractivity contribution < 1.29 is 8.78 Å². The standard InChI is InChI=1S/C14H19F2N/c1-2-10-4-3-5-13(6-10)17-14-8-11(15)7-12(16)9-14/h7-10,13,17H,2-6H2,1H3. The van der Waals surface area contributed by atoms with Gasteiger partial charge < -0.3 is 5.32 Å². The van der Waals surface area contributed by atoms with Gasteiger partial charge in [-0.2, -0.15) is 0 Å². The van der Waals surface area contributed by atoms with Crippen LogP contribution in [-0.2, 0) is 0 Å². The highest BCUT2D eigenvalue weighted by atomic mass is 19.1. The summed E-state index contributed by atoms with van der Waals surface area (Å²) in [5.74, 6) is -0.287. The zero-order valence-electron chi connectivity index (χ0n) is 10.2. The molecule has 2 rings (SSSR count). The van der Waals surface area contributed by atoms with E-state index in [1.165, 1.54) is 31.4 Å². The molecule has 3 heteroatoms. The lowest BCUT2D eigenvalue weighted by Crippen LogP contribution is -2.27. The molecule has 1 saturated carbocycles. The van der Waals surface area contributed by atoms with E-state index in [1.807, 2.05) is 0 Å². The molecule has 1 aliphatic rings. The molecule has 1 fully saturated rings. The molecule has 0 aliphatic heterocycles. The van der Waals surface area contributed by atoms with Crippen molar-refractivity contribution in [3.05, 3.63) is 29.8 Å². The van der Waals surface area contributed by atoms with Gasteiger partial charge in [-0.3, -0.25) is 0 Å². The quantitative estimate of drug-likeness (QED) is 0.827. The fourth-order valence-corrected chi connectivity index (χ4v) is 2.67. The fourth-order valence-electron chi connectivity index (χ4n) is 2.67. The van der Waals surface area contributed by atoms with Crippen molar-refractivity contribution in [2.24, 2.45) is 5.92 Å². The first-order chi connectivity index (χ1) is 8.17. The molecule has 1 N–H and O–H groups in total. The van der Waals surface area contributed by atoms with Gasteiger partial charge in [-0.25, -0.2) is 8.78 Å². The van der Waals surface area contributed by atoms with Gasteiger partial charge in [0.1, 0.15) is 11.6 Å². The molecule has 2 atom stereocenters. The number of hydrogen-bond acceptors (Lipinski definition) is 1. The van der Waals surface area contributed by atoms with E-state index >= 15 is 0 Å². The second-order valence-electron chi connectivity index (χ2n) is 4.94. The van der Waals surface area contributed by atoms with Gasteiger partial charge in [0.15, 0.2) is 0 Å². The molecule has 0 heterocycles. The molecule has 0 saturated heterocycles. The second-order valence-corrected chi connectivity index (χ2v) is 4.94. The Morgan fingerprint density at radius 2 is 1.88 bits per heavy atom. The van der Waals surface area contributed by atoms with Gasteiger partial charge in [0.25, 0.3) is 0 Å². The Morgan fingerprint density at radius 3 is 2.53 bits per heavy atom. The molecule has 1 aromatic carbocycles. The van der Waals surface area contributed by atoms with Gasteiger partial charge in [-0.05, 0) is 30.9 Å². The van der Waals surface area contributed by atoms with Crippen molar-refractivity contribution in [2.45, 2.75) is 45.1 Å². The third-order valence-corrected chi connectivity index (χ3v) is 3.59. The van der Waals surface area contributed by atoms with E-state index < -0.39 is 11.6 Å². The van der Waals surface area contributed by atoms with E-state index in [1.54, 1.807) is 0 Å². The SMILES string of the molecule is CCC1CCCC(Nc2cc(F)cc(F)c2)C1. The summed E-state index contributed by atoms with van der Waals surface area (Å²) < 4.78 is 26.1. The monoisotopic (exact) mass is 239 g/mol. The molecule has 0 amide bonds. The molecular formula is C14H19F2N. The summed E-state index contributed by atoms with van der Waals surface area (Å²) in [6.45, 7) is 2.20. The van der Waals surface area contributed by atoms with Crippen molar-refractivity contribution in [3.63, 3.8) is 0 Å². The molecule has 1 aromatic rings. The van der Waals surface area contributed by atoms with Gasteiger partial charge in [0.2, 0.25) is 0 Å². The highest BCUT2D eigenvalue weighted by Gasteiger charge is 2.20. The number of benzene rings is 1. The first-order valence-corrected chi connectivity index (χ1v) is 6.40. The van der Waals surface area contributed by atoms with Gasteiger partial charge in [-0.1, -0.05) is 26.2 Å². The van der Waals surface area contributed by atoms with Gasteiger partial charge >= 0.3 is 0 Å². The van der Waals surface area contributed by atoms with Crippen LogP contribution in [0.1, 0.15) is 39.0 Å². The van der Waals surface area contributed by atoms with Crippen LogP contribution in [0.5, 0.6) is 0 Å². The van der Waals surface area contributed by atoms with E-state index in [4.69, 9.17) is 0 Å². The summed E-state index contributed by atoms with van der Waals surface area (Å²) in [5, 5.41) is 3.25. The van der Waals surface area contributed by atoms with Crippen LogP contribution in [0.25, 0.3) is 0 Å². The third-order valence-electron chi connectivity index (χ3n) is 3.59. The summed E-state index contributed by atoms with van der Waals surface area (Å²) >= 11 is 0. The summed E-state index contributed by atoms with van der Waals surface area (Å²) in [5.41, 5.74) is 0.559. The molecule has 1 aliphatic carbocycles. The van der Waals surface area contributed by atoms with Gasteiger partial charge in [0, 0.05) is 17.8 Å². The Balaban J connectivity index is 2.00. The second kappa shape index (κ2) is 5.48. The minimum atomic E-state index is -0.518. The van der Waals surface area contributed by atoms with Crippen LogP contribution < -0.4 is 5.32 Å². The maximum absolute atomic E-state index is 13.0. The van der Waals surface area contributed by atoms with Crippen LogP contribution in [-0.4, -0.2) is 6.04 Å². The van der Waals surface area contributed by atoms with Crippen LogP contribution in [0.15, 0.2) is 18.2 Å². The molecule has 0 spiro atoms. The minimum absolute atomic E-state index is 0.356. The van der Waals surface area contributed by atoms with E-state index in [-0.39, 0.29) is 0 Å².